The summed E-state index contributed by atoms with van der Waals surface area (Å²) in [6, 6.07) is 0. The van der Waals surface area contributed by atoms with Gasteiger partial charge < -0.3 is 53.1 Å². The molecule has 0 aliphatic rings. The summed E-state index contributed by atoms with van der Waals surface area (Å²) in [6.45, 7) is 29.2. The van der Waals surface area contributed by atoms with Gasteiger partial charge in [-0.3, -0.25) is 0 Å². The van der Waals surface area contributed by atoms with E-state index in [-0.39, 0.29) is 10.3 Å². The summed E-state index contributed by atoms with van der Waals surface area (Å²) in [5, 5.41) is -0.521. The zero-order valence-electron chi connectivity index (χ0n) is 33.0. The molecule has 0 saturated carbocycles. The Morgan fingerprint density at radius 1 is 0.300 bits per heavy atom. The molecule has 0 bridgehead atoms. The first-order valence-electron chi connectivity index (χ1n) is 18.4. The van der Waals surface area contributed by atoms with Crippen LogP contribution in [0.2, 0.25) is 10.3 Å². The first kappa shape index (κ1) is 51.8. The molecule has 0 heterocycles. The van der Waals surface area contributed by atoms with Crippen LogP contribution in [0, 0.1) is 0 Å². The van der Waals surface area contributed by atoms with Crippen LogP contribution in [-0.4, -0.2) is 126 Å². The minimum atomic E-state index is -3.25. The molecule has 0 aromatic carbocycles. The highest BCUT2D eigenvalue weighted by Crippen LogP contribution is 2.48. The van der Waals surface area contributed by atoms with Crippen LogP contribution in [0.3, 0.4) is 0 Å². The molecule has 0 aromatic heterocycles. The van der Waals surface area contributed by atoms with E-state index in [0.717, 1.165) is 11.5 Å². The van der Waals surface area contributed by atoms with Crippen LogP contribution in [0.4, 0.5) is 0 Å². The molecule has 0 atom stereocenters. The normalized spacial score (nSPS) is 13.3. The van der Waals surface area contributed by atoms with Gasteiger partial charge in [0.05, 0.1) is 0 Å². The van der Waals surface area contributed by atoms with Gasteiger partial charge in [-0.25, -0.2) is 0 Å². The van der Waals surface area contributed by atoms with Crippen molar-refractivity contribution < 1.29 is 53.1 Å². The molecule has 0 amide bonds. The van der Waals surface area contributed by atoms with Crippen LogP contribution in [0.25, 0.3) is 0 Å². The average Bonchev–Trinajstić information content (AvgIpc) is 3.07. The minimum Gasteiger partial charge on any atom is -0.374 e. The van der Waals surface area contributed by atoms with Crippen molar-refractivity contribution in [3.63, 3.8) is 0 Å². The fourth-order valence-corrected chi connectivity index (χ4v) is 29.4. The molecular weight excluding hydrogens is 793 g/mol. The molecule has 20 heteroatoms. The van der Waals surface area contributed by atoms with E-state index in [1.807, 2.05) is 83.1 Å². The Balaban J connectivity index is 6.02. The predicted molar refractivity (Wildman–Crippen MR) is 219 cm³/mol. The molecule has 12 nitrogen and oxygen atoms in total. The molecule has 0 rings (SSSR count). The fourth-order valence-electron chi connectivity index (χ4n) is 5.70. The molecule has 50 heavy (non-hydrogen) atoms. The standard InChI is InChI=1S/C30H70O12S4Si4/c1-13-31-47(32-14-2,33-15-3)29(48(34-16-4,35-17-5)36-18-6)25-27-43-45-46-44-28-26-30(49(37-19-7,38-20-8)39-21-9)50(40-22-10,41-23-11)42-24-12/h29-30H,13-28H2,1-12H3. The maximum absolute atomic E-state index is 6.42. The molecule has 0 radical (unpaired) electrons. The van der Waals surface area contributed by atoms with E-state index in [4.69, 9.17) is 53.1 Å². The van der Waals surface area contributed by atoms with Gasteiger partial charge in [-0.2, -0.15) is 0 Å². The van der Waals surface area contributed by atoms with Crippen molar-refractivity contribution in [2.24, 2.45) is 0 Å². The maximum Gasteiger partial charge on any atom is 0.508 e. The molecule has 0 aliphatic carbocycles. The van der Waals surface area contributed by atoms with E-state index in [1.165, 1.54) is 0 Å². The highest BCUT2D eigenvalue weighted by Gasteiger charge is 2.66. The van der Waals surface area contributed by atoms with E-state index in [1.54, 1.807) is 41.2 Å². The third kappa shape index (κ3) is 16.5. The summed E-state index contributed by atoms with van der Waals surface area (Å²) in [7, 11) is -5.97. The van der Waals surface area contributed by atoms with Gasteiger partial charge in [0.1, 0.15) is 10.3 Å². The van der Waals surface area contributed by atoms with Gasteiger partial charge in [0, 0.05) is 90.8 Å². The Hall–Kier alpha value is 1.79. The van der Waals surface area contributed by atoms with Gasteiger partial charge in [-0.1, -0.05) is 21.6 Å². The lowest BCUT2D eigenvalue weighted by Crippen LogP contribution is -2.64. The summed E-state index contributed by atoms with van der Waals surface area (Å²) >= 11 is 0. The third-order valence-electron chi connectivity index (χ3n) is 6.96. The maximum atomic E-state index is 6.42. The molecule has 0 N–H and O–H groups in total. The Morgan fingerprint density at radius 2 is 0.460 bits per heavy atom. The van der Waals surface area contributed by atoms with Crippen molar-refractivity contribution in [1.29, 1.82) is 0 Å². The van der Waals surface area contributed by atoms with Crippen molar-refractivity contribution in [3.05, 3.63) is 0 Å². The smallest absolute Gasteiger partial charge is 0.374 e. The topological polar surface area (TPSA) is 111 Å². The number of hydrogen-bond donors (Lipinski definition) is 0. The Kier molecular flexibility index (Phi) is 32.0. The predicted octanol–water partition coefficient (Wildman–Crippen LogP) is 8.46. The van der Waals surface area contributed by atoms with E-state index < -0.39 is 35.2 Å². The largest absolute Gasteiger partial charge is 0.508 e. The quantitative estimate of drug-likeness (QED) is 0.0338. The molecule has 0 aliphatic heterocycles. The second-order valence-corrected chi connectivity index (χ2v) is 28.5. The van der Waals surface area contributed by atoms with Crippen LogP contribution in [0.1, 0.15) is 95.9 Å². The Morgan fingerprint density at radius 3 is 0.600 bits per heavy atom. The molecule has 0 spiro atoms. The van der Waals surface area contributed by atoms with Crippen LogP contribution < -0.4 is 0 Å². The Bertz CT molecular complexity index is 624. The monoisotopic (exact) mass is 862 g/mol. The fraction of sp³-hybridized carbons (Fsp3) is 1.00. The Labute approximate surface area is 324 Å². The van der Waals surface area contributed by atoms with Gasteiger partial charge in [0.25, 0.3) is 0 Å². The molecule has 0 fully saturated rings. The van der Waals surface area contributed by atoms with Crippen LogP contribution >= 0.6 is 41.2 Å². The highest BCUT2D eigenvalue weighted by molar-refractivity contribution is 9.26. The second-order valence-electron chi connectivity index (χ2n) is 10.1. The van der Waals surface area contributed by atoms with Gasteiger partial charge in [0.2, 0.25) is 0 Å². The van der Waals surface area contributed by atoms with E-state index in [0.29, 0.717) is 92.1 Å². The van der Waals surface area contributed by atoms with Crippen LogP contribution in [-0.2, 0) is 53.1 Å². The van der Waals surface area contributed by atoms with Gasteiger partial charge in [-0.05, 0) is 116 Å². The zero-order valence-corrected chi connectivity index (χ0v) is 40.3. The summed E-state index contributed by atoms with van der Waals surface area (Å²) in [6.07, 6.45) is 1.42. The van der Waals surface area contributed by atoms with Crippen LogP contribution in [0.15, 0.2) is 0 Å². The lowest BCUT2D eigenvalue weighted by molar-refractivity contribution is 0.0306. The van der Waals surface area contributed by atoms with Crippen molar-refractivity contribution in [3.8, 4) is 0 Å². The van der Waals surface area contributed by atoms with Gasteiger partial charge >= 0.3 is 35.2 Å². The molecular formula is C30H70O12S4Si4. The summed E-state index contributed by atoms with van der Waals surface area (Å²) in [4.78, 5) is 0. The lowest BCUT2D eigenvalue weighted by Gasteiger charge is -2.42. The summed E-state index contributed by atoms with van der Waals surface area (Å²) in [5.41, 5.74) is 0. The highest BCUT2D eigenvalue weighted by atomic mass is 33.7. The average molecular weight is 863 g/mol. The molecule has 0 saturated heterocycles. The van der Waals surface area contributed by atoms with Gasteiger partial charge in [-0.15, -0.1) is 0 Å². The minimum absolute atomic E-state index is 0.260. The SMILES string of the molecule is CCO[Si](OCC)(OCC)C(CCSSSSCCC([Si](OCC)(OCC)OCC)[Si](OCC)(OCC)OCC)[Si](OCC)(OCC)OCC. The number of hydrogen-bond acceptors (Lipinski definition) is 16. The first-order chi connectivity index (χ1) is 24.2. The van der Waals surface area contributed by atoms with Crippen molar-refractivity contribution in [1.82, 2.24) is 0 Å². The van der Waals surface area contributed by atoms with Gasteiger partial charge in [0.15, 0.2) is 0 Å². The van der Waals surface area contributed by atoms with Crippen LogP contribution in [0.5, 0.6) is 0 Å². The lowest BCUT2D eigenvalue weighted by atomic mass is 10.6. The number of rotatable bonds is 37. The van der Waals surface area contributed by atoms with Crippen molar-refractivity contribution in [2.75, 3.05) is 90.8 Å². The van der Waals surface area contributed by atoms with E-state index >= 15 is 0 Å². The zero-order chi connectivity index (χ0) is 37.8. The summed E-state index contributed by atoms with van der Waals surface area (Å²) in [5.74, 6) is 1.61. The van der Waals surface area contributed by atoms with Crippen molar-refractivity contribution in [2.45, 2.75) is 106 Å². The molecule has 0 aromatic rings. The second kappa shape index (κ2) is 30.9. The van der Waals surface area contributed by atoms with E-state index in [9.17, 15) is 0 Å². The molecule has 302 valence electrons. The summed E-state index contributed by atoms with van der Waals surface area (Å²) < 4.78 is 77.0. The first-order valence-corrected chi connectivity index (χ1v) is 30.8. The third-order valence-corrected chi connectivity index (χ3v) is 30.6. The molecule has 0 unspecified atom stereocenters. The van der Waals surface area contributed by atoms with E-state index in [2.05, 4.69) is 0 Å². The van der Waals surface area contributed by atoms with Crippen molar-refractivity contribution >= 4 is 76.5 Å².